The van der Waals surface area contributed by atoms with Gasteiger partial charge in [-0.1, -0.05) is 0 Å². The summed E-state index contributed by atoms with van der Waals surface area (Å²) in [4.78, 5) is 50.4. The molecule has 23 atom stereocenters. The summed E-state index contributed by atoms with van der Waals surface area (Å²) < 4.78 is 91.8. The number of rotatable bonds is 15. The van der Waals surface area contributed by atoms with E-state index < -0.39 is 200 Å². The summed E-state index contributed by atoms with van der Waals surface area (Å²) in [7, 11) is 1.91. The van der Waals surface area contributed by atoms with E-state index in [1.54, 1.807) is 0 Å². The predicted molar refractivity (Wildman–Crippen MR) is 197 cm³/mol. The van der Waals surface area contributed by atoms with Crippen molar-refractivity contribution >= 4 is 51.3 Å². The average Bonchev–Trinajstić information content (AvgIpc) is 3.29. The van der Waals surface area contributed by atoms with Crippen LogP contribution in [0.25, 0.3) is 0 Å². The van der Waals surface area contributed by atoms with Gasteiger partial charge >= 0.3 is 257 Å². The Morgan fingerprint density at radius 1 is 0.461 bits per heavy atom. The van der Waals surface area contributed by atoms with Crippen molar-refractivity contribution in [2.45, 2.75) is 136 Å². The van der Waals surface area contributed by atoms with Gasteiger partial charge in [-0.25, -0.2) is 0 Å². The number of aliphatic hydroxyl groups excluding tert-OH is 8. The molecule has 23 unspecified atom stereocenters. The van der Waals surface area contributed by atoms with Crippen LogP contribution in [0.5, 0.6) is 0 Å². The van der Waals surface area contributed by atoms with E-state index in [9.17, 15) is 80.5 Å². The second-order valence-electron chi connectivity index (χ2n) is 17.3. The fourth-order valence-corrected chi connectivity index (χ4v) is 9.57. The summed E-state index contributed by atoms with van der Waals surface area (Å²) in [6.07, 6.45) is -42.2. The molecule has 0 aliphatic carbocycles. The van der Waals surface area contributed by atoms with Crippen LogP contribution in [-0.2, 0) is 93.8 Å². The van der Waals surface area contributed by atoms with Crippen LogP contribution in [0.15, 0.2) is 0 Å². The summed E-state index contributed by atoms with van der Waals surface area (Å²) in [6.45, 7) is -16.9. The minimum Gasteiger partial charge on any atom is -0.562 e. The van der Waals surface area contributed by atoms with E-state index in [1.807, 2.05) is 0 Å². The Labute approximate surface area is 609 Å². The van der Waals surface area contributed by atoms with Crippen molar-refractivity contribution in [1.82, 2.24) is 0 Å². The number of hydrogen-bond donors (Lipinski definition) is 8. The smallest absolute Gasteiger partial charge is 0.562 e. The van der Waals surface area contributed by atoms with Gasteiger partial charge in [-0.2, -0.15) is 0 Å². The molecule has 3 spiro atoms. The number of carbonyl (C=O) groups is 4. The quantitative estimate of drug-likeness (QED) is 0.0706. The molecule has 44 heteroatoms. The third-order valence-electron chi connectivity index (χ3n) is 12.4. The van der Waals surface area contributed by atoms with Gasteiger partial charge in [0, 0.05) is 14.2 Å². The molecule has 0 amide bonds. The first-order chi connectivity index (χ1) is 32.0. The molecule has 7 rings (SSSR count). The first-order valence-corrected chi connectivity index (χ1v) is 21.1. The summed E-state index contributed by atoms with van der Waals surface area (Å²) in [5.41, 5.74) is 0. The van der Waals surface area contributed by atoms with E-state index in [0.29, 0.717) is 0 Å². The molecule has 7 heterocycles. The summed E-state index contributed by atoms with van der Waals surface area (Å²) in [5.74, 6) is -8.58. The second kappa shape index (κ2) is 34.2. The third kappa shape index (κ3) is 17.3. The Hall–Kier alpha value is 5.18. The number of aliphatic hydroxyl groups is 8. The normalized spacial score (nSPS) is 40.7. The van der Waals surface area contributed by atoms with Gasteiger partial charge in [0.1, 0.15) is 36.6 Å². The molecule has 0 aromatic heterocycles. The fraction of sp³-hybridized carbons (Fsp3) is 0.875. The van der Waals surface area contributed by atoms with Crippen LogP contribution in [0.2, 0.25) is 13.6 Å². The van der Waals surface area contributed by atoms with Crippen molar-refractivity contribution in [3.63, 3.8) is 0 Å². The topological polar surface area (TPSA) is 470 Å². The minimum atomic E-state index is -4.50. The molecule has 7 aliphatic heterocycles. The maximum atomic E-state index is 13.1. The molecule has 7 saturated heterocycles. The zero-order chi connectivity index (χ0) is 50.0. The van der Waals surface area contributed by atoms with Crippen molar-refractivity contribution in [1.29, 1.82) is 0 Å². The van der Waals surface area contributed by atoms with E-state index in [-0.39, 0.29) is 236 Å². The number of fused-ring (bicyclic) bond motifs is 3. The summed E-state index contributed by atoms with van der Waals surface area (Å²) in [5, 5.41) is 135. The summed E-state index contributed by atoms with van der Waals surface area (Å²) >= 11 is 0. The van der Waals surface area contributed by atoms with Crippen LogP contribution in [0, 0.1) is 0 Å². The van der Waals surface area contributed by atoms with Crippen LogP contribution < -0.4 is 257 Å². The van der Waals surface area contributed by atoms with E-state index in [0.717, 1.165) is 14.2 Å². The maximum absolute atomic E-state index is 13.1. The third-order valence-corrected chi connectivity index (χ3v) is 12.4. The van der Waals surface area contributed by atoms with E-state index in [1.165, 1.54) is 13.6 Å². The van der Waals surface area contributed by atoms with Gasteiger partial charge in [0.25, 0.3) is 0 Å². The molecule has 0 aromatic carbocycles. The SMILES string of the molecule is COC(C(=O)[O-])C1O[B-]2(OC(C(O)CO)C1OC)OC(C(O)CO)C1O[B-]3(OC(C(=O)[O-])C4O[B-]5(OC(C(O)CO)C4O3)OC3C(CO)O[B-](C)(C)OC3C(C(O)C(=O)[O-])O5)OC(C(=O)[O-])C1O2.[Na+].[Na+].[Na+].[Na+].[Na+].[Na+].[Na+].[Na+]. The largest absolute Gasteiger partial charge is 1.00 e. The van der Waals surface area contributed by atoms with Gasteiger partial charge < -0.3 is 155 Å². The van der Waals surface area contributed by atoms with Crippen LogP contribution in [-0.4, -0.2) is 255 Å². The number of carboxylic acids is 4. The molecule has 8 N–H and O–H groups in total. The maximum Gasteiger partial charge on any atom is 1.00 e. The van der Waals surface area contributed by atoms with E-state index in [4.69, 9.17) is 74.6 Å². The Balaban J connectivity index is 0. The van der Waals surface area contributed by atoms with Gasteiger partial charge in [0.2, 0.25) is 6.55 Å². The Kier molecular flexibility index (Phi) is 37.5. The first-order valence-electron chi connectivity index (χ1n) is 21.1. The molecule has 7 aliphatic rings. The number of aliphatic carboxylic acids is 4. The van der Waals surface area contributed by atoms with Gasteiger partial charge in [0.05, 0.1) is 136 Å². The van der Waals surface area contributed by atoms with Crippen molar-refractivity contribution in [2.24, 2.45) is 0 Å². The zero-order valence-electron chi connectivity index (χ0n) is 44.1. The molecule has 0 bridgehead atoms. The molecule has 0 aromatic rings. The molecule has 76 heavy (non-hydrogen) atoms. The van der Waals surface area contributed by atoms with Gasteiger partial charge in [-0.05, 0) is 0 Å². The Morgan fingerprint density at radius 2 is 0.816 bits per heavy atom. The van der Waals surface area contributed by atoms with Crippen molar-refractivity contribution in [3.8, 4) is 0 Å². The van der Waals surface area contributed by atoms with E-state index in [2.05, 4.69) is 0 Å². The fourth-order valence-electron chi connectivity index (χ4n) is 9.57. The van der Waals surface area contributed by atoms with Crippen molar-refractivity contribution in [2.75, 3.05) is 40.6 Å². The minimum absolute atomic E-state index is 0. The van der Waals surface area contributed by atoms with Gasteiger partial charge in [-0.15, -0.1) is 13.6 Å². The molecule has 32 nitrogen and oxygen atoms in total. The van der Waals surface area contributed by atoms with Crippen molar-refractivity contribution in [3.05, 3.63) is 0 Å². The van der Waals surface area contributed by atoms with Crippen LogP contribution in [0.4, 0.5) is 0 Å². The summed E-state index contributed by atoms with van der Waals surface area (Å²) in [6, 6.07) is 0. The number of ether oxygens (including phenoxy) is 2. The first kappa shape index (κ1) is 83.2. The molecular weight excluding hydrogens is 1120 g/mol. The number of carboxylic acid groups (broad SMARTS) is 4. The molecular formula is C32H48B4Na8O32. The number of methoxy groups -OCH3 is 2. The number of carbonyl (C=O) groups excluding carboxylic acids is 4. The second-order valence-corrected chi connectivity index (χ2v) is 17.3. The molecule has 7 fully saturated rings. The predicted octanol–water partition coefficient (Wildman–Crippen LogP) is -38.0. The van der Waals surface area contributed by atoms with Gasteiger partial charge in [0.15, 0.2) is 0 Å². The molecule has 388 valence electrons. The van der Waals surface area contributed by atoms with Crippen molar-refractivity contribution < 1.29 is 392 Å². The van der Waals surface area contributed by atoms with Gasteiger partial charge in [-0.3, -0.25) is 0 Å². The zero-order valence-corrected chi connectivity index (χ0v) is 60.1. The van der Waals surface area contributed by atoms with Crippen LogP contribution in [0.1, 0.15) is 0 Å². The molecule has 0 radical (unpaired) electrons. The number of hydrogen-bond acceptors (Lipinski definition) is 32. The Morgan fingerprint density at radius 3 is 1.20 bits per heavy atom. The monoisotopic (exact) mass is 1170 g/mol. The standard InChI is InChI=1S/C32H52B4O32.8Na/c1-33(2)55-12(8-40)17-22(56-33)18(13(44)29(45)46)61-35(60-17)59-16(11(43)7-39)21-25(66-35)28(32(51)52)68-36(63-21)62-20-15(10(42)6-38)58-34(65-24(20)27(67-36)31(49)50)57-14(9(41)5-37)19(53-3)23(64-34)26(54-4)30(47)48;;;;;;;;/h9-28,37-44H,5-8H2,1-4H3,(H,45,46)(H,47,48)(H,49,50)(H,51,52);;;;;;;;/q-4;8*+1/p-4. The Bertz CT molecular complexity index is 1890. The average molecular weight is 1170 g/mol. The van der Waals surface area contributed by atoms with Crippen LogP contribution in [0.3, 0.4) is 0 Å². The van der Waals surface area contributed by atoms with E-state index >= 15 is 0 Å². The molecule has 0 saturated carbocycles. The van der Waals surface area contributed by atoms with Crippen LogP contribution >= 0.6 is 0 Å².